The molecule has 0 saturated heterocycles. The van der Waals surface area contributed by atoms with E-state index in [1.807, 2.05) is 13.0 Å². The number of hydrogen-bond donors (Lipinski definition) is 1. The first-order valence-electron chi connectivity index (χ1n) is 6.08. The Bertz CT molecular complexity index is 772. The molecule has 7 heteroatoms. The Labute approximate surface area is 122 Å². The molecule has 0 spiro atoms. The molecule has 1 heterocycles. The highest BCUT2D eigenvalue weighted by atomic mass is 32.2. The van der Waals surface area contributed by atoms with Crippen molar-refractivity contribution in [3.63, 3.8) is 0 Å². The molecule has 1 aromatic carbocycles. The first kappa shape index (κ1) is 15.0. The summed E-state index contributed by atoms with van der Waals surface area (Å²) in [5.74, 6) is 0.115. The normalized spacial score (nSPS) is 11.0. The summed E-state index contributed by atoms with van der Waals surface area (Å²) in [5, 5.41) is 2.63. The zero-order valence-corrected chi connectivity index (χ0v) is 12.3. The third-order valence-corrected chi connectivity index (χ3v) is 2.97. The van der Waals surface area contributed by atoms with Crippen molar-refractivity contribution in [1.82, 2.24) is 4.98 Å². The SMILES string of the molecule is Cc1cccc(NC(=O)c2cccc(OS(C)(=O)=O)c2)n1. The summed E-state index contributed by atoms with van der Waals surface area (Å²) in [6.07, 6.45) is 0.941. The minimum Gasteiger partial charge on any atom is -0.383 e. The Morgan fingerprint density at radius 2 is 1.90 bits per heavy atom. The fourth-order valence-corrected chi connectivity index (χ4v) is 2.12. The molecule has 0 aliphatic heterocycles. The number of aryl methyl sites for hydroxylation is 1. The van der Waals surface area contributed by atoms with Crippen molar-refractivity contribution < 1.29 is 17.4 Å². The van der Waals surface area contributed by atoms with Gasteiger partial charge in [0.15, 0.2) is 0 Å². The largest absolute Gasteiger partial charge is 0.383 e. The van der Waals surface area contributed by atoms with E-state index in [4.69, 9.17) is 4.18 Å². The Morgan fingerprint density at radius 1 is 1.19 bits per heavy atom. The van der Waals surface area contributed by atoms with Gasteiger partial charge in [-0.05, 0) is 37.3 Å². The molecular weight excluding hydrogens is 292 g/mol. The molecule has 1 amide bonds. The molecule has 0 radical (unpaired) electrons. The van der Waals surface area contributed by atoms with Crippen molar-refractivity contribution in [1.29, 1.82) is 0 Å². The second-order valence-electron chi connectivity index (χ2n) is 4.43. The average molecular weight is 306 g/mol. The molecule has 0 bridgehead atoms. The van der Waals surface area contributed by atoms with E-state index in [0.29, 0.717) is 5.82 Å². The predicted octanol–water partition coefficient (Wildman–Crippen LogP) is 1.98. The van der Waals surface area contributed by atoms with Gasteiger partial charge in [0.1, 0.15) is 11.6 Å². The number of anilines is 1. The van der Waals surface area contributed by atoms with E-state index in [9.17, 15) is 13.2 Å². The second-order valence-corrected chi connectivity index (χ2v) is 6.01. The topological polar surface area (TPSA) is 85.4 Å². The summed E-state index contributed by atoms with van der Waals surface area (Å²) < 4.78 is 26.9. The Hall–Kier alpha value is -2.41. The summed E-state index contributed by atoms with van der Waals surface area (Å²) in [5.41, 5.74) is 1.06. The van der Waals surface area contributed by atoms with E-state index in [0.717, 1.165) is 11.9 Å². The van der Waals surface area contributed by atoms with Gasteiger partial charge in [0.2, 0.25) is 0 Å². The molecule has 0 unspecified atom stereocenters. The Morgan fingerprint density at radius 3 is 2.57 bits per heavy atom. The maximum absolute atomic E-state index is 12.1. The molecule has 1 aromatic heterocycles. The van der Waals surface area contributed by atoms with Crippen molar-refractivity contribution in [2.24, 2.45) is 0 Å². The average Bonchev–Trinajstić information content (AvgIpc) is 2.37. The van der Waals surface area contributed by atoms with Gasteiger partial charge < -0.3 is 9.50 Å². The molecule has 1 N–H and O–H groups in total. The summed E-state index contributed by atoms with van der Waals surface area (Å²) in [4.78, 5) is 16.2. The van der Waals surface area contributed by atoms with E-state index in [-0.39, 0.29) is 11.3 Å². The monoisotopic (exact) mass is 306 g/mol. The van der Waals surface area contributed by atoms with Crippen LogP contribution >= 0.6 is 0 Å². The number of aromatic nitrogens is 1. The third kappa shape index (κ3) is 4.57. The molecule has 110 valence electrons. The Balaban J connectivity index is 2.18. The van der Waals surface area contributed by atoms with Crippen molar-refractivity contribution in [2.45, 2.75) is 6.92 Å². The first-order valence-corrected chi connectivity index (χ1v) is 7.90. The smallest absolute Gasteiger partial charge is 0.306 e. The van der Waals surface area contributed by atoms with Crippen LogP contribution in [0.4, 0.5) is 5.82 Å². The van der Waals surface area contributed by atoms with Crippen LogP contribution in [0, 0.1) is 6.92 Å². The van der Waals surface area contributed by atoms with Crippen LogP contribution in [0.2, 0.25) is 0 Å². The summed E-state index contributed by atoms with van der Waals surface area (Å²) in [7, 11) is -3.63. The minimum absolute atomic E-state index is 0.0855. The molecule has 21 heavy (non-hydrogen) atoms. The van der Waals surface area contributed by atoms with Gasteiger partial charge in [-0.2, -0.15) is 8.42 Å². The van der Waals surface area contributed by atoms with Crippen LogP contribution in [0.5, 0.6) is 5.75 Å². The van der Waals surface area contributed by atoms with Crippen molar-refractivity contribution in [3.05, 3.63) is 53.7 Å². The number of benzene rings is 1. The number of carbonyl (C=O) groups is 1. The molecule has 0 atom stereocenters. The number of nitrogens with zero attached hydrogens (tertiary/aromatic N) is 1. The molecule has 2 aromatic rings. The van der Waals surface area contributed by atoms with Crippen molar-refractivity contribution >= 4 is 21.8 Å². The summed E-state index contributed by atoms with van der Waals surface area (Å²) in [6.45, 7) is 1.82. The van der Waals surface area contributed by atoms with Gasteiger partial charge >= 0.3 is 10.1 Å². The third-order valence-electron chi connectivity index (χ3n) is 2.47. The number of nitrogens with one attached hydrogen (secondary N) is 1. The lowest BCUT2D eigenvalue weighted by Crippen LogP contribution is -2.13. The fraction of sp³-hybridized carbons (Fsp3) is 0.143. The Kier molecular flexibility index (Phi) is 4.23. The predicted molar refractivity (Wildman–Crippen MR) is 78.8 cm³/mol. The highest BCUT2D eigenvalue weighted by Gasteiger charge is 2.10. The van der Waals surface area contributed by atoms with Gasteiger partial charge in [-0.15, -0.1) is 0 Å². The molecule has 6 nitrogen and oxygen atoms in total. The number of amides is 1. The molecule has 0 aliphatic rings. The van der Waals surface area contributed by atoms with E-state index < -0.39 is 16.0 Å². The van der Waals surface area contributed by atoms with E-state index >= 15 is 0 Å². The highest BCUT2D eigenvalue weighted by Crippen LogP contribution is 2.16. The quantitative estimate of drug-likeness (QED) is 0.873. The van der Waals surface area contributed by atoms with Crippen LogP contribution in [0.3, 0.4) is 0 Å². The lowest BCUT2D eigenvalue weighted by atomic mass is 10.2. The standard InChI is InChI=1S/C14H14N2O4S/c1-10-5-3-8-13(15-10)16-14(17)11-6-4-7-12(9-11)20-21(2,18)19/h3-9H,1-2H3,(H,15,16,17). The van der Waals surface area contributed by atoms with Gasteiger partial charge in [-0.3, -0.25) is 4.79 Å². The van der Waals surface area contributed by atoms with Crippen LogP contribution < -0.4 is 9.50 Å². The summed E-state index contributed by atoms with van der Waals surface area (Å²) in [6, 6.07) is 11.2. The lowest BCUT2D eigenvalue weighted by Gasteiger charge is -2.07. The van der Waals surface area contributed by atoms with Crippen LogP contribution in [0.1, 0.15) is 16.1 Å². The van der Waals surface area contributed by atoms with E-state index in [1.54, 1.807) is 24.3 Å². The number of hydrogen-bond acceptors (Lipinski definition) is 5. The van der Waals surface area contributed by atoms with Crippen LogP contribution in [-0.4, -0.2) is 25.6 Å². The lowest BCUT2D eigenvalue weighted by molar-refractivity contribution is 0.102. The number of rotatable bonds is 4. The minimum atomic E-state index is -3.63. The van der Waals surface area contributed by atoms with Gasteiger partial charge in [-0.1, -0.05) is 12.1 Å². The van der Waals surface area contributed by atoms with Crippen LogP contribution in [-0.2, 0) is 10.1 Å². The van der Waals surface area contributed by atoms with Gasteiger partial charge in [0, 0.05) is 11.3 Å². The summed E-state index contributed by atoms with van der Waals surface area (Å²) >= 11 is 0. The zero-order chi connectivity index (χ0) is 15.5. The molecule has 0 aliphatic carbocycles. The fourth-order valence-electron chi connectivity index (χ4n) is 1.67. The van der Waals surface area contributed by atoms with Gasteiger partial charge in [0.25, 0.3) is 5.91 Å². The maximum atomic E-state index is 12.1. The maximum Gasteiger partial charge on any atom is 0.306 e. The number of pyridine rings is 1. The first-order chi connectivity index (χ1) is 9.83. The van der Waals surface area contributed by atoms with Crippen LogP contribution in [0.15, 0.2) is 42.5 Å². The van der Waals surface area contributed by atoms with Crippen molar-refractivity contribution in [2.75, 3.05) is 11.6 Å². The molecule has 0 fully saturated rings. The molecule has 2 rings (SSSR count). The van der Waals surface area contributed by atoms with Gasteiger partial charge in [-0.25, -0.2) is 4.98 Å². The number of carbonyl (C=O) groups excluding carboxylic acids is 1. The van der Waals surface area contributed by atoms with Gasteiger partial charge in [0.05, 0.1) is 6.26 Å². The molecule has 0 saturated carbocycles. The van der Waals surface area contributed by atoms with E-state index in [2.05, 4.69) is 10.3 Å². The van der Waals surface area contributed by atoms with E-state index in [1.165, 1.54) is 12.1 Å². The van der Waals surface area contributed by atoms with Crippen molar-refractivity contribution in [3.8, 4) is 5.75 Å². The second kappa shape index (κ2) is 5.92. The zero-order valence-electron chi connectivity index (χ0n) is 11.5. The highest BCUT2D eigenvalue weighted by molar-refractivity contribution is 7.86. The van der Waals surface area contributed by atoms with Crippen LogP contribution in [0.25, 0.3) is 0 Å². The molecular formula is C14H14N2O4S.